The molecular formula is C31H44BrNO4S2. The predicted octanol–water partition coefficient (Wildman–Crippen LogP) is 8.31. The SMILES string of the molecule is CCCCCCS[C@H]1[C@@H](C(=O)OC(C)(C)C)[C@H](c2ccc(Br)cc2)N(S(=O)(=O)c2ccc(C)cc2)[C@@H]1CCC. The van der Waals surface area contributed by atoms with Crippen molar-refractivity contribution in [1.29, 1.82) is 0 Å². The molecule has 2 aromatic rings. The Morgan fingerprint density at radius 2 is 1.62 bits per heavy atom. The van der Waals surface area contributed by atoms with Crippen LogP contribution in [0.3, 0.4) is 0 Å². The molecule has 1 heterocycles. The van der Waals surface area contributed by atoms with E-state index in [0.717, 1.165) is 47.0 Å². The lowest BCUT2D eigenvalue weighted by atomic mass is 9.92. The van der Waals surface area contributed by atoms with Gasteiger partial charge in [-0.25, -0.2) is 8.42 Å². The molecule has 1 aliphatic rings. The van der Waals surface area contributed by atoms with Crippen molar-refractivity contribution in [2.45, 2.75) is 108 Å². The van der Waals surface area contributed by atoms with Gasteiger partial charge in [0.15, 0.2) is 0 Å². The summed E-state index contributed by atoms with van der Waals surface area (Å²) in [6.45, 7) is 11.8. The highest BCUT2D eigenvalue weighted by atomic mass is 79.9. The Bertz CT molecular complexity index is 1180. The van der Waals surface area contributed by atoms with Crippen LogP contribution in [0.25, 0.3) is 0 Å². The number of thioether (sulfide) groups is 1. The number of carbonyl (C=O) groups is 1. The molecule has 1 aliphatic heterocycles. The third-order valence-electron chi connectivity index (χ3n) is 7.05. The molecule has 5 nitrogen and oxygen atoms in total. The third-order valence-corrected chi connectivity index (χ3v) is 11.0. The second-order valence-electron chi connectivity index (χ2n) is 11.5. The molecule has 4 atom stereocenters. The number of sulfonamides is 1. The van der Waals surface area contributed by atoms with Gasteiger partial charge in [0.05, 0.1) is 16.9 Å². The number of hydrogen-bond acceptors (Lipinski definition) is 5. The molecule has 39 heavy (non-hydrogen) atoms. The minimum absolute atomic E-state index is 0.213. The molecule has 0 N–H and O–H groups in total. The van der Waals surface area contributed by atoms with Crippen LogP contribution in [0, 0.1) is 12.8 Å². The van der Waals surface area contributed by atoms with Crippen LogP contribution in [0.4, 0.5) is 0 Å². The first kappa shape index (κ1) is 32.2. The van der Waals surface area contributed by atoms with Crippen LogP contribution in [0.2, 0.25) is 0 Å². The van der Waals surface area contributed by atoms with E-state index in [0.29, 0.717) is 6.42 Å². The van der Waals surface area contributed by atoms with Crippen LogP contribution >= 0.6 is 27.7 Å². The molecule has 0 bridgehead atoms. The van der Waals surface area contributed by atoms with Crippen LogP contribution in [-0.2, 0) is 19.6 Å². The van der Waals surface area contributed by atoms with Crippen LogP contribution in [0.1, 0.15) is 90.3 Å². The molecule has 0 radical (unpaired) electrons. The van der Waals surface area contributed by atoms with E-state index in [1.54, 1.807) is 28.2 Å². The van der Waals surface area contributed by atoms with Gasteiger partial charge in [-0.05, 0) is 76.1 Å². The number of ether oxygens (including phenoxy) is 1. The van der Waals surface area contributed by atoms with Crippen LogP contribution in [0.15, 0.2) is 57.9 Å². The second-order valence-corrected chi connectivity index (χ2v) is 15.5. The van der Waals surface area contributed by atoms with Gasteiger partial charge < -0.3 is 4.74 Å². The number of aryl methyl sites for hydroxylation is 1. The highest BCUT2D eigenvalue weighted by molar-refractivity contribution is 9.10. The molecule has 1 saturated heterocycles. The number of hydrogen-bond donors (Lipinski definition) is 0. The molecular weight excluding hydrogens is 594 g/mol. The number of halogens is 1. The summed E-state index contributed by atoms with van der Waals surface area (Å²) in [5.41, 5.74) is 1.12. The van der Waals surface area contributed by atoms with Gasteiger partial charge in [-0.15, -0.1) is 0 Å². The van der Waals surface area contributed by atoms with E-state index in [1.165, 1.54) is 6.42 Å². The number of rotatable bonds is 12. The first-order chi connectivity index (χ1) is 18.4. The molecule has 8 heteroatoms. The molecule has 0 amide bonds. The minimum atomic E-state index is -3.92. The van der Waals surface area contributed by atoms with Gasteiger partial charge in [-0.1, -0.05) is 85.3 Å². The summed E-state index contributed by atoms with van der Waals surface area (Å²) >= 11 is 5.26. The Kier molecular flexibility index (Phi) is 11.6. The van der Waals surface area contributed by atoms with E-state index in [9.17, 15) is 13.2 Å². The van der Waals surface area contributed by atoms with E-state index in [2.05, 4.69) is 29.8 Å². The quantitative estimate of drug-likeness (QED) is 0.173. The number of carbonyl (C=O) groups excluding carboxylic acids is 1. The zero-order valence-electron chi connectivity index (χ0n) is 24.2. The summed E-state index contributed by atoms with van der Waals surface area (Å²) in [5, 5.41) is -0.213. The fourth-order valence-corrected chi connectivity index (χ4v) is 9.09. The Balaban J connectivity index is 2.19. The average Bonchev–Trinajstić information content (AvgIpc) is 3.18. The Morgan fingerprint density at radius 1 is 0.974 bits per heavy atom. The van der Waals surface area contributed by atoms with Gasteiger partial charge in [-0.2, -0.15) is 16.1 Å². The van der Waals surface area contributed by atoms with Crippen molar-refractivity contribution >= 4 is 43.7 Å². The summed E-state index contributed by atoms with van der Waals surface area (Å²) < 4.78 is 37.5. The Morgan fingerprint density at radius 3 is 2.18 bits per heavy atom. The monoisotopic (exact) mass is 637 g/mol. The first-order valence-corrected chi connectivity index (χ1v) is 17.4. The lowest BCUT2D eigenvalue weighted by molar-refractivity contribution is -0.160. The maximum atomic E-state index is 14.5. The molecule has 0 spiro atoms. The third kappa shape index (κ3) is 8.11. The molecule has 3 rings (SSSR count). The average molecular weight is 639 g/mol. The standard InChI is InChI=1S/C31H44BrNO4S2/c1-7-9-10-11-21-38-29-26(12-8-2)33(39(35,36)25-19-13-22(3)14-20-25)28(23-15-17-24(32)18-16-23)27(29)30(34)37-31(4,5)6/h13-20,26-29H,7-12,21H2,1-6H3/t26-,27+,28+,29-/m1/s1. The van der Waals surface area contributed by atoms with Crippen molar-refractivity contribution in [3.05, 3.63) is 64.1 Å². The largest absolute Gasteiger partial charge is 0.460 e. The molecule has 216 valence electrons. The molecule has 1 fully saturated rings. The normalized spacial score (nSPS) is 22.2. The van der Waals surface area contributed by atoms with Crippen molar-refractivity contribution in [2.75, 3.05) is 5.75 Å². The van der Waals surface area contributed by atoms with Crippen LogP contribution in [-0.4, -0.2) is 41.3 Å². The lowest BCUT2D eigenvalue weighted by Crippen LogP contribution is -2.40. The highest BCUT2D eigenvalue weighted by Crippen LogP contribution is 2.51. The molecule has 0 unspecified atom stereocenters. The van der Waals surface area contributed by atoms with Gasteiger partial charge in [0, 0.05) is 15.8 Å². The lowest BCUT2D eigenvalue weighted by Gasteiger charge is -2.31. The van der Waals surface area contributed by atoms with Crippen LogP contribution in [0.5, 0.6) is 0 Å². The zero-order valence-corrected chi connectivity index (χ0v) is 27.4. The maximum Gasteiger partial charge on any atom is 0.312 e. The minimum Gasteiger partial charge on any atom is -0.460 e. The number of benzene rings is 2. The number of unbranched alkanes of at least 4 members (excludes halogenated alkanes) is 3. The van der Waals surface area contributed by atoms with Crippen molar-refractivity contribution < 1.29 is 17.9 Å². The van der Waals surface area contributed by atoms with E-state index in [-0.39, 0.29) is 22.2 Å². The van der Waals surface area contributed by atoms with Gasteiger partial charge in [0.2, 0.25) is 10.0 Å². The smallest absolute Gasteiger partial charge is 0.312 e. The topological polar surface area (TPSA) is 63.7 Å². The van der Waals surface area contributed by atoms with Crippen LogP contribution < -0.4 is 0 Å². The van der Waals surface area contributed by atoms with Gasteiger partial charge >= 0.3 is 5.97 Å². The molecule has 0 saturated carbocycles. The van der Waals surface area contributed by atoms with Crippen molar-refractivity contribution in [3.8, 4) is 0 Å². The second kappa shape index (κ2) is 14.0. The fourth-order valence-electron chi connectivity index (χ4n) is 5.29. The Hall–Kier alpha value is -1.35. The van der Waals surface area contributed by atoms with Crippen molar-refractivity contribution in [1.82, 2.24) is 4.31 Å². The molecule has 2 aromatic carbocycles. The molecule has 0 aromatic heterocycles. The number of esters is 1. The van der Waals surface area contributed by atoms with E-state index in [1.807, 2.05) is 64.1 Å². The van der Waals surface area contributed by atoms with Gasteiger partial charge in [-0.3, -0.25) is 4.79 Å². The number of nitrogens with zero attached hydrogens (tertiary/aromatic N) is 1. The Labute approximate surface area is 248 Å². The molecule has 0 aliphatic carbocycles. The van der Waals surface area contributed by atoms with Crippen molar-refractivity contribution in [3.63, 3.8) is 0 Å². The summed E-state index contributed by atoms with van der Waals surface area (Å²) in [6.07, 6.45) is 5.99. The van der Waals surface area contributed by atoms with E-state index >= 15 is 0 Å². The first-order valence-electron chi connectivity index (χ1n) is 14.1. The van der Waals surface area contributed by atoms with Gasteiger partial charge in [0.1, 0.15) is 5.60 Å². The fraction of sp³-hybridized carbons (Fsp3) is 0.581. The van der Waals surface area contributed by atoms with Crippen molar-refractivity contribution in [2.24, 2.45) is 5.92 Å². The maximum absolute atomic E-state index is 14.5. The zero-order chi connectivity index (χ0) is 28.8. The predicted molar refractivity (Wildman–Crippen MR) is 166 cm³/mol. The highest BCUT2D eigenvalue weighted by Gasteiger charge is 2.57. The van der Waals surface area contributed by atoms with E-state index < -0.39 is 27.6 Å². The summed E-state index contributed by atoms with van der Waals surface area (Å²) in [5.74, 6) is -0.0714. The summed E-state index contributed by atoms with van der Waals surface area (Å²) in [4.78, 5) is 14.3. The summed E-state index contributed by atoms with van der Waals surface area (Å²) in [7, 11) is -3.92. The van der Waals surface area contributed by atoms with Gasteiger partial charge in [0.25, 0.3) is 0 Å². The summed E-state index contributed by atoms with van der Waals surface area (Å²) in [6, 6.07) is 13.7. The van der Waals surface area contributed by atoms with E-state index in [4.69, 9.17) is 4.74 Å².